The van der Waals surface area contributed by atoms with E-state index in [0.29, 0.717) is 17.7 Å². The Bertz CT molecular complexity index is 539. The standard InChI is InChI=1S/C14H19N3O3/c1-2-3-4-9-5-8-11(14(15)18)12(13(9)17(19)20)16-10-6-7-10/h5,8,10,16H,2-4,6-7H2,1H3,(H2,15,18). The van der Waals surface area contributed by atoms with Gasteiger partial charge in [0.15, 0.2) is 0 Å². The number of unbranched alkanes of at least 4 members (excludes halogenated alkanes) is 1. The maximum absolute atomic E-state index is 11.5. The second-order valence-electron chi connectivity index (χ2n) is 5.14. The number of rotatable bonds is 7. The van der Waals surface area contributed by atoms with Gasteiger partial charge >= 0.3 is 0 Å². The van der Waals surface area contributed by atoms with Crippen molar-refractivity contribution in [3.8, 4) is 0 Å². The first-order valence-electron chi connectivity index (χ1n) is 6.91. The highest BCUT2D eigenvalue weighted by Gasteiger charge is 2.30. The van der Waals surface area contributed by atoms with Gasteiger partial charge in [0.05, 0.1) is 10.5 Å². The number of nitrogens with two attached hydrogens (primary N) is 1. The third-order valence-electron chi connectivity index (χ3n) is 3.44. The fraction of sp³-hybridized carbons (Fsp3) is 0.500. The van der Waals surface area contributed by atoms with E-state index in [1.54, 1.807) is 12.1 Å². The van der Waals surface area contributed by atoms with Gasteiger partial charge in [0.1, 0.15) is 5.69 Å². The quantitative estimate of drug-likeness (QED) is 0.591. The monoisotopic (exact) mass is 277 g/mol. The number of hydrogen-bond acceptors (Lipinski definition) is 4. The van der Waals surface area contributed by atoms with E-state index in [1.807, 2.05) is 6.92 Å². The van der Waals surface area contributed by atoms with Gasteiger partial charge in [0.25, 0.3) is 11.6 Å². The van der Waals surface area contributed by atoms with E-state index in [-0.39, 0.29) is 17.3 Å². The summed E-state index contributed by atoms with van der Waals surface area (Å²) in [4.78, 5) is 22.5. The number of carbonyl (C=O) groups excluding carboxylic acids is 1. The fourth-order valence-electron chi connectivity index (χ4n) is 2.20. The van der Waals surface area contributed by atoms with Crippen LogP contribution in [0, 0.1) is 10.1 Å². The molecule has 1 aliphatic carbocycles. The van der Waals surface area contributed by atoms with E-state index >= 15 is 0 Å². The molecule has 0 radical (unpaired) electrons. The van der Waals surface area contributed by atoms with Gasteiger partial charge in [-0.3, -0.25) is 14.9 Å². The minimum Gasteiger partial charge on any atom is -0.376 e. The van der Waals surface area contributed by atoms with Gasteiger partial charge in [0.2, 0.25) is 0 Å². The van der Waals surface area contributed by atoms with Crippen molar-refractivity contribution in [2.45, 2.75) is 45.1 Å². The molecule has 3 N–H and O–H groups in total. The molecular weight excluding hydrogens is 258 g/mol. The minimum absolute atomic E-state index is 0.00153. The van der Waals surface area contributed by atoms with Crippen molar-refractivity contribution in [3.05, 3.63) is 33.4 Å². The van der Waals surface area contributed by atoms with Gasteiger partial charge in [0, 0.05) is 11.6 Å². The first-order valence-corrected chi connectivity index (χ1v) is 6.91. The van der Waals surface area contributed by atoms with Crippen molar-refractivity contribution in [2.24, 2.45) is 5.73 Å². The minimum atomic E-state index is -0.640. The van der Waals surface area contributed by atoms with Crippen LogP contribution in [0.5, 0.6) is 0 Å². The van der Waals surface area contributed by atoms with Crippen molar-refractivity contribution in [1.29, 1.82) is 0 Å². The molecule has 20 heavy (non-hydrogen) atoms. The Morgan fingerprint density at radius 3 is 2.70 bits per heavy atom. The van der Waals surface area contributed by atoms with Gasteiger partial charge in [-0.25, -0.2) is 0 Å². The van der Waals surface area contributed by atoms with Crippen molar-refractivity contribution < 1.29 is 9.72 Å². The summed E-state index contributed by atoms with van der Waals surface area (Å²) in [5, 5.41) is 14.5. The number of nitrogens with zero attached hydrogens (tertiary/aromatic N) is 1. The topological polar surface area (TPSA) is 98.3 Å². The number of nitro benzene ring substituents is 1. The molecule has 1 fully saturated rings. The number of nitrogens with one attached hydrogen (secondary N) is 1. The Morgan fingerprint density at radius 1 is 1.50 bits per heavy atom. The van der Waals surface area contributed by atoms with Crippen LogP contribution in [-0.4, -0.2) is 16.9 Å². The van der Waals surface area contributed by atoms with Gasteiger partial charge < -0.3 is 11.1 Å². The highest BCUT2D eigenvalue weighted by atomic mass is 16.6. The van der Waals surface area contributed by atoms with Crippen LogP contribution in [0.15, 0.2) is 12.1 Å². The zero-order valence-electron chi connectivity index (χ0n) is 11.5. The molecule has 1 amide bonds. The summed E-state index contributed by atoms with van der Waals surface area (Å²) < 4.78 is 0. The smallest absolute Gasteiger partial charge is 0.296 e. The number of carbonyl (C=O) groups is 1. The van der Waals surface area contributed by atoms with Crippen LogP contribution in [-0.2, 0) is 6.42 Å². The lowest BCUT2D eigenvalue weighted by molar-refractivity contribution is -0.384. The lowest BCUT2D eigenvalue weighted by Crippen LogP contribution is -2.17. The Balaban J connectivity index is 2.48. The van der Waals surface area contributed by atoms with E-state index in [4.69, 9.17) is 5.73 Å². The maximum atomic E-state index is 11.5. The number of nitro groups is 1. The van der Waals surface area contributed by atoms with E-state index in [0.717, 1.165) is 25.7 Å². The third kappa shape index (κ3) is 3.07. The summed E-state index contributed by atoms with van der Waals surface area (Å²) in [7, 11) is 0. The average molecular weight is 277 g/mol. The Kier molecular flexibility index (Phi) is 4.22. The summed E-state index contributed by atoms with van der Waals surface area (Å²) in [6.45, 7) is 2.03. The number of anilines is 1. The second kappa shape index (κ2) is 5.90. The van der Waals surface area contributed by atoms with E-state index in [2.05, 4.69) is 5.32 Å². The van der Waals surface area contributed by atoms with E-state index in [9.17, 15) is 14.9 Å². The zero-order valence-corrected chi connectivity index (χ0v) is 11.5. The second-order valence-corrected chi connectivity index (χ2v) is 5.14. The summed E-state index contributed by atoms with van der Waals surface area (Å²) in [6, 6.07) is 3.45. The summed E-state index contributed by atoms with van der Waals surface area (Å²) >= 11 is 0. The van der Waals surface area contributed by atoms with Crippen LogP contribution >= 0.6 is 0 Å². The molecule has 0 aliphatic heterocycles. The van der Waals surface area contributed by atoms with Crippen LogP contribution in [0.1, 0.15) is 48.5 Å². The van der Waals surface area contributed by atoms with Gasteiger partial charge in [-0.1, -0.05) is 19.4 Å². The molecule has 0 spiro atoms. The molecule has 0 aromatic heterocycles. The lowest BCUT2D eigenvalue weighted by atomic mass is 10.0. The van der Waals surface area contributed by atoms with Crippen molar-refractivity contribution in [2.75, 3.05) is 5.32 Å². The predicted octanol–water partition coefficient (Wildman–Crippen LogP) is 2.61. The zero-order chi connectivity index (χ0) is 14.7. The molecule has 1 aromatic rings. The molecule has 1 saturated carbocycles. The van der Waals surface area contributed by atoms with Gasteiger partial charge in [-0.2, -0.15) is 0 Å². The largest absolute Gasteiger partial charge is 0.376 e. The molecular formula is C14H19N3O3. The van der Waals surface area contributed by atoms with Crippen LogP contribution in [0.4, 0.5) is 11.4 Å². The fourth-order valence-corrected chi connectivity index (χ4v) is 2.20. The molecule has 108 valence electrons. The van der Waals surface area contributed by atoms with Crippen LogP contribution in [0.3, 0.4) is 0 Å². The highest BCUT2D eigenvalue weighted by Crippen LogP contribution is 2.36. The Labute approximate surface area is 117 Å². The van der Waals surface area contributed by atoms with Crippen molar-refractivity contribution in [3.63, 3.8) is 0 Å². The number of primary amides is 1. The van der Waals surface area contributed by atoms with Crippen molar-refractivity contribution in [1.82, 2.24) is 0 Å². The highest BCUT2D eigenvalue weighted by molar-refractivity contribution is 6.01. The molecule has 0 saturated heterocycles. The van der Waals surface area contributed by atoms with E-state index in [1.165, 1.54) is 0 Å². The number of amides is 1. The van der Waals surface area contributed by atoms with Crippen LogP contribution < -0.4 is 11.1 Å². The molecule has 0 heterocycles. The lowest BCUT2D eigenvalue weighted by Gasteiger charge is -2.13. The molecule has 2 rings (SSSR count). The first-order chi connectivity index (χ1) is 9.54. The third-order valence-corrected chi connectivity index (χ3v) is 3.44. The average Bonchev–Trinajstić information content (AvgIpc) is 3.19. The maximum Gasteiger partial charge on any atom is 0.296 e. The van der Waals surface area contributed by atoms with Gasteiger partial charge in [-0.15, -0.1) is 0 Å². The summed E-state index contributed by atoms with van der Waals surface area (Å²) in [6.07, 6.45) is 4.40. The number of hydrogen-bond donors (Lipinski definition) is 2. The summed E-state index contributed by atoms with van der Waals surface area (Å²) in [5.74, 6) is -0.640. The number of benzene rings is 1. The molecule has 0 bridgehead atoms. The molecule has 0 unspecified atom stereocenters. The molecule has 6 nitrogen and oxygen atoms in total. The number of aryl methyl sites for hydroxylation is 1. The summed E-state index contributed by atoms with van der Waals surface area (Å²) in [5.41, 5.74) is 6.48. The first kappa shape index (κ1) is 14.3. The normalized spacial score (nSPS) is 14.1. The molecule has 1 aliphatic rings. The van der Waals surface area contributed by atoms with Gasteiger partial charge in [-0.05, 0) is 31.7 Å². The molecule has 6 heteroatoms. The van der Waals surface area contributed by atoms with E-state index < -0.39 is 10.8 Å². The van der Waals surface area contributed by atoms with Crippen LogP contribution in [0.25, 0.3) is 0 Å². The Morgan fingerprint density at radius 2 is 2.20 bits per heavy atom. The molecule has 1 aromatic carbocycles. The van der Waals surface area contributed by atoms with Crippen molar-refractivity contribution >= 4 is 17.3 Å². The molecule has 0 atom stereocenters. The predicted molar refractivity (Wildman–Crippen MR) is 76.9 cm³/mol. The van der Waals surface area contributed by atoms with Crippen LogP contribution in [0.2, 0.25) is 0 Å². The SMILES string of the molecule is CCCCc1ccc(C(N)=O)c(NC2CC2)c1[N+](=O)[O-]. The Hall–Kier alpha value is -2.11.